The van der Waals surface area contributed by atoms with Crippen LogP contribution in [0.4, 0.5) is 5.69 Å². The summed E-state index contributed by atoms with van der Waals surface area (Å²) in [6.07, 6.45) is 0. The molecule has 4 rings (SSSR count). The van der Waals surface area contributed by atoms with E-state index in [9.17, 15) is 19.5 Å². The van der Waals surface area contributed by atoms with Gasteiger partial charge in [-0.2, -0.15) is 0 Å². The van der Waals surface area contributed by atoms with E-state index in [0.29, 0.717) is 22.2 Å². The number of nitrogens with zero attached hydrogens (tertiary/aromatic N) is 1. The molecule has 0 saturated heterocycles. The van der Waals surface area contributed by atoms with Crippen molar-refractivity contribution in [3.05, 3.63) is 82.1 Å². The summed E-state index contributed by atoms with van der Waals surface area (Å²) in [5.74, 6) is -1.32. The maximum Gasteiger partial charge on any atom is 0.342 e. The Bertz CT molecular complexity index is 1410. The first kappa shape index (κ1) is 20.9. The van der Waals surface area contributed by atoms with Gasteiger partial charge in [0, 0.05) is 10.9 Å². The van der Waals surface area contributed by atoms with Crippen LogP contribution in [0.3, 0.4) is 0 Å². The summed E-state index contributed by atoms with van der Waals surface area (Å²) < 4.78 is 11.7. The minimum atomic E-state index is -0.824. The molecule has 0 aliphatic heterocycles. The number of anilines is 1. The average molecular weight is 432 g/mol. The van der Waals surface area contributed by atoms with E-state index < -0.39 is 23.2 Å². The zero-order valence-electron chi connectivity index (χ0n) is 17.4. The standard InChI is InChI=1S/C24H20N2O6/c1-3-32-24(30)16-12-17(25-22(28)14-8-5-4-6-9-14)23(29)26-18-10-7-11-20(31-2)15(18)13-19(26)21(16)27/h4-13,27H,3H2,1-2H3,(H,25,28). The summed E-state index contributed by atoms with van der Waals surface area (Å²) in [5, 5.41) is 14.1. The topological polar surface area (TPSA) is 106 Å². The Balaban J connectivity index is 2.04. The van der Waals surface area contributed by atoms with Crippen LogP contribution in [0.1, 0.15) is 27.6 Å². The molecule has 32 heavy (non-hydrogen) atoms. The Kier molecular flexibility index (Phi) is 5.51. The summed E-state index contributed by atoms with van der Waals surface area (Å²) in [5.41, 5.74) is -0.204. The molecule has 0 unspecified atom stereocenters. The van der Waals surface area contributed by atoms with Crippen molar-refractivity contribution in [2.75, 3.05) is 19.0 Å². The first-order valence-electron chi connectivity index (χ1n) is 9.88. The molecule has 2 heterocycles. The number of ether oxygens (including phenoxy) is 2. The van der Waals surface area contributed by atoms with Gasteiger partial charge in [0.05, 0.1) is 24.8 Å². The maximum absolute atomic E-state index is 13.5. The van der Waals surface area contributed by atoms with Crippen molar-refractivity contribution in [2.45, 2.75) is 6.92 Å². The van der Waals surface area contributed by atoms with Gasteiger partial charge in [-0.15, -0.1) is 0 Å². The molecule has 0 saturated carbocycles. The Morgan fingerprint density at radius 3 is 2.47 bits per heavy atom. The highest BCUT2D eigenvalue weighted by Gasteiger charge is 2.22. The Hall–Kier alpha value is -4.33. The second-order valence-corrected chi connectivity index (χ2v) is 6.92. The highest BCUT2D eigenvalue weighted by molar-refractivity contribution is 6.06. The highest BCUT2D eigenvalue weighted by Crippen LogP contribution is 2.33. The zero-order chi connectivity index (χ0) is 22.8. The van der Waals surface area contributed by atoms with Gasteiger partial charge < -0.3 is 19.9 Å². The van der Waals surface area contributed by atoms with Gasteiger partial charge in [0.1, 0.15) is 17.0 Å². The van der Waals surface area contributed by atoms with Crippen LogP contribution in [-0.2, 0) is 4.74 Å². The summed E-state index contributed by atoms with van der Waals surface area (Å²) in [4.78, 5) is 38.8. The molecule has 8 nitrogen and oxygen atoms in total. The number of esters is 1. The normalized spacial score (nSPS) is 10.8. The average Bonchev–Trinajstić information content (AvgIpc) is 3.17. The van der Waals surface area contributed by atoms with E-state index in [1.807, 2.05) is 0 Å². The number of carbonyl (C=O) groups is 2. The van der Waals surface area contributed by atoms with E-state index in [1.165, 1.54) is 11.5 Å². The number of carbonyl (C=O) groups excluding carboxylic acids is 2. The summed E-state index contributed by atoms with van der Waals surface area (Å²) >= 11 is 0. The third-order valence-electron chi connectivity index (χ3n) is 5.03. The first-order valence-corrected chi connectivity index (χ1v) is 9.88. The van der Waals surface area contributed by atoms with Crippen molar-refractivity contribution < 1.29 is 24.2 Å². The van der Waals surface area contributed by atoms with E-state index in [1.54, 1.807) is 61.5 Å². The van der Waals surface area contributed by atoms with Crippen LogP contribution in [-0.4, -0.2) is 35.1 Å². The fourth-order valence-electron chi connectivity index (χ4n) is 3.55. The largest absolute Gasteiger partial charge is 0.505 e. The van der Waals surface area contributed by atoms with E-state index in [0.717, 1.165) is 6.07 Å². The van der Waals surface area contributed by atoms with Crippen LogP contribution in [0.5, 0.6) is 11.5 Å². The number of methoxy groups -OCH3 is 1. The Morgan fingerprint density at radius 2 is 1.78 bits per heavy atom. The summed E-state index contributed by atoms with van der Waals surface area (Å²) in [7, 11) is 1.49. The molecule has 0 atom stereocenters. The van der Waals surface area contributed by atoms with Crippen LogP contribution in [0.25, 0.3) is 16.4 Å². The predicted octanol–water partition coefficient (Wildman–Crippen LogP) is 3.60. The number of aromatic nitrogens is 1. The quantitative estimate of drug-likeness (QED) is 0.467. The van der Waals surface area contributed by atoms with Crippen molar-refractivity contribution in [1.82, 2.24) is 4.40 Å². The van der Waals surface area contributed by atoms with E-state index in [2.05, 4.69) is 5.32 Å². The molecule has 0 bridgehead atoms. The molecule has 4 aromatic rings. The van der Waals surface area contributed by atoms with Crippen LogP contribution < -0.4 is 15.6 Å². The summed E-state index contributed by atoms with van der Waals surface area (Å²) in [6, 6.07) is 16.1. The third kappa shape index (κ3) is 3.51. The number of rotatable bonds is 5. The van der Waals surface area contributed by atoms with Gasteiger partial charge in [0.2, 0.25) is 0 Å². The molecule has 0 aliphatic rings. The molecule has 0 aliphatic carbocycles. The van der Waals surface area contributed by atoms with Gasteiger partial charge in [-0.05, 0) is 43.3 Å². The second kappa shape index (κ2) is 8.43. The van der Waals surface area contributed by atoms with Gasteiger partial charge in [-0.3, -0.25) is 14.0 Å². The van der Waals surface area contributed by atoms with Gasteiger partial charge in [-0.25, -0.2) is 4.79 Å². The van der Waals surface area contributed by atoms with Crippen LogP contribution in [0.2, 0.25) is 0 Å². The van der Waals surface area contributed by atoms with Crippen molar-refractivity contribution in [2.24, 2.45) is 0 Å². The smallest absolute Gasteiger partial charge is 0.342 e. The molecule has 0 radical (unpaired) electrons. The lowest BCUT2D eigenvalue weighted by Crippen LogP contribution is -2.20. The molecule has 2 N–H and O–H groups in total. The molecule has 1 amide bonds. The van der Waals surface area contributed by atoms with Gasteiger partial charge in [0.15, 0.2) is 5.75 Å². The lowest BCUT2D eigenvalue weighted by Gasteiger charge is -2.05. The van der Waals surface area contributed by atoms with E-state index in [4.69, 9.17) is 9.47 Å². The molecular weight excluding hydrogens is 412 g/mol. The molecule has 8 heteroatoms. The maximum atomic E-state index is 13.5. The van der Waals surface area contributed by atoms with Gasteiger partial charge >= 0.3 is 5.97 Å². The molecule has 2 aromatic carbocycles. The minimum absolute atomic E-state index is 0.0694. The lowest BCUT2D eigenvalue weighted by atomic mass is 10.2. The number of aromatic hydroxyl groups is 1. The van der Waals surface area contributed by atoms with Gasteiger partial charge in [0.25, 0.3) is 11.5 Å². The van der Waals surface area contributed by atoms with Crippen molar-refractivity contribution >= 4 is 34.0 Å². The number of amides is 1. The van der Waals surface area contributed by atoms with Gasteiger partial charge in [-0.1, -0.05) is 24.3 Å². The molecule has 162 valence electrons. The van der Waals surface area contributed by atoms with Crippen molar-refractivity contribution in [3.8, 4) is 11.5 Å². The van der Waals surface area contributed by atoms with E-state index >= 15 is 0 Å². The van der Waals surface area contributed by atoms with E-state index in [-0.39, 0.29) is 23.4 Å². The SMILES string of the molecule is CCOC(=O)c1cc(NC(=O)c2ccccc2)c(=O)n2c(cc3c(OC)cccc32)c1O. The minimum Gasteiger partial charge on any atom is -0.505 e. The highest BCUT2D eigenvalue weighted by atomic mass is 16.5. The number of fused-ring (bicyclic) bond motifs is 3. The molecule has 0 spiro atoms. The zero-order valence-corrected chi connectivity index (χ0v) is 17.4. The number of hydrogen-bond acceptors (Lipinski definition) is 6. The fourth-order valence-corrected chi connectivity index (χ4v) is 3.55. The predicted molar refractivity (Wildman–Crippen MR) is 120 cm³/mol. The number of benzene rings is 2. The molecular formula is C24H20N2O6. The molecule has 0 fully saturated rings. The van der Waals surface area contributed by atoms with Crippen LogP contribution in [0.15, 0.2) is 65.5 Å². The second-order valence-electron chi connectivity index (χ2n) is 6.92. The Labute approximate surface area is 182 Å². The lowest BCUT2D eigenvalue weighted by molar-refractivity contribution is 0.0523. The molecule has 2 aromatic heterocycles. The van der Waals surface area contributed by atoms with Crippen molar-refractivity contribution in [1.29, 1.82) is 0 Å². The fraction of sp³-hybridized carbons (Fsp3) is 0.125. The number of nitrogens with one attached hydrogen (secondary N) is 1. The monoisotopic (exact) mass is 432 g/mol. The first-order chi connectivity index (χ1) is 15.5. The Morgan fingerprint density at radius 1 is 1.03 bits per heavy atom. The van der Waals surface area contributed by atoms with Crippen LogP contribution >= 0.6 is 0 Å². The van der Waals surface area contributed by atoms with Crippen LogP contribution in [0, 0.1) is 0 Å². The summed E-state index contributed by atoms with van der Waals surface area (Å²) in [6.45, 7) is 1.70. The number of hydrogen-bond donors (Lipinski definition) is 2. The third-order valence-corrected chi connectivity index (χ3v) is 5.03. The van der Waals surface area contributed by atoms with Crippen molar-refractivity contribution in [3.63, 3.8) is 0 Å².